The highest BCUT2D eigenvalue weighted by molar-refractivity contribution is 9.10. The summed E-state index contributed by atoms with van der Waals surface area (Å²) in [5.74, 6) is -0.144. The van der Waals surface area contributed by atoms with Crippen molar-refractivity contribution in [1.82, 2.24) is 0 Å². The maximum atomic E-state index is 11.4. The second-order valence-electron chi connectivity index (χ2n) is 4.64. The van der Waals surface area contributed by atoms with E-state index < -0.39 is 5.97 Å². The number of nitrogens with zero attached hydrogens (tertiary/aromatic N) is 1. The van der Waals surface area contributed by atoms with Gasteiger partial charge < -0.3 is 14.7 Å². The van der Waals surface area contributed by atoms with Crippen LogP contribution < -0.4 is 9.64 Å². The Labute approximate surface area is 132 Å². The predicted octanol–water partition coefficient (Wildman–Crippen LogP) is 3.79. The molecule has 2 aromatic rings. The highest BCUT2D eigenvalue weighted by Gasteiger charge is 2.16. The maximum absolute atomic E-state index is 11.4. The van der Waals surface area contributed by atoms with E-state index >= 15 is 0 Å². The Balaban J connectivity index is 2.25. The summed E-state index contributed by atoms with van der Waals surface area (Å²) in [5.41, 5.74) is 2.02. The first kappa shape index (κ1) is 15.4. The largest absolute Gasteiger partial charge is 0.497 e. The number of methoxy groups -OCH3 is 1. The molecular weight excluding hydrogens is 334 g/mol. The molecule has 0 aromatic heterocycles. The van der Waals surface area contributed by atoms with Crippen LogP contribution in [-0.4, -0.2) is 25.2 Å². The van der Waals surface area contributed by atoms with Gasteiger partial charge in [0.2, 0.25) is 0 Å². The van der Waals surface area contributed by atoms with Crippen molar-refractivity contribution in [1.29, 1.82) is 0 Å². The summed E-state index contributed by atoms with van der Waals surface area (Å²) in [6.07, 6.45) is 0. The van der Waals surface area contributed by atoms with Gasteiger partial charge in [0.05, 0.1) is 18.4 Å². The molecule has 21 heavy (non-hydrogen) atoms. The average Bonchev–Trinajstić information content (AvgIpc) is 2.47. The van der Waals surface area contributed by atoms with Gasteiger partial charge in [0, 0.05) is 18.1 Å². The van der Waals surface area contributed by atoms with E-state index in [-0.39, 0.29) is 5.56 Å². The Hall–Kier alpha value is -2.01. The SMILES string of the molecule is COc1ccc(CN(C)c2cccc(Br)c2C(=O)O)cc1. The molecule has 5 heteroatoms. The van der Waals surface area contributed by atoms with Crippen molar-refractivity contribution in [3.8, 4) is 5.75 Å². The van der Waals surface area contributed by atoms with Crippen molar-refractivity contribution < 1.29 is 14.6 Å². The molecule has 0 amide bonds. The molecule has 0 heterocycles. The van der Waals surface area contributed by atoms with Crippen LogP contribution in [0.25, 0.3) is 0 Å². The Morgan fingerprint density at radius 2 is 1.90 bits per heavy atom. The monoisotopic (exact) mass is 349 g/mol. The molecule has 2 aromatic carbocycles. The number of hydrogen-bond donors (Lipinski definition) is 1. The van der Waals surface area contributed by atoms with Crippen molar-refractivity contribution in [2.24, 2.45) is 0 Å². The van der Waals surface area contributed by atoms with E-state index in [0.717, 1.165) is 11.3 Å². The molecular formula is C16H16BrNO3. The molecule has 110 valence electrons. The van der Waals surface area contributed by atoms with Crippen molar-refractivity contribution in [2.45, 2.75) is 6.54 Å². The van der Waals surface area contributed by atoms with E-state index in [0.29, 0.717) is 16.7 Å². The molecule has 2 rings (SSSR count). The van der Waals surface area contributed by atoms with Crippen LogP contribution in [0.1, 0.15) is 15.9 Å². The highest BCUT2D eigenvalue weighted by Crippen LogP contribution is 2.28. The molecule has 0 radical (unpaired) electrons. The van der Waals surface area contributed by atoms with Crippen LogP contribution in [0, 0.1) is 0 Å². The third kappa shape index (κ3) is 3.55. The number of rotatable bonds is 5. The Morgan fingerprint density at radius 1 is 1.24 bits per heavy atom. The Bertz CT molecular complexity index is 640. The summed E-state index contributed by atoms with van der Waals surface area (Å²) in [4.78, 5) is 13.3. The molecule has 0 aliphatic heterocycles. The summed E-state index contributed by atoms with van der Waals surface area (Å²) in [6.45, 7) is 0.612. The van der Waals surface area contributed by atoms with Gasteiger partial charge in [0.15, 0.2) is 0 Å². The van der Waals surface area contributed by atoms with E-state index in [9.17, 15) is 9.90 Å². The van der Waals surface area contributed by atoms with Gasteiger partial charge in [-0.3, -0.25) is 0 Å². The summed E-state index contributed by atoms with van der Waals surface area (Å²) >= 11 is 3.30. The van der Waals surface area contributed by atoms with Crippen LogP contribution >= 0.6 is 15.9 Å². The molecule has 0 saturated heterocycles. The van der Waals surface area contributed by atoms with E-state index in [1.54, 1.807) is 19.2 Å². The zero-order valence-electron chi connectivity index (χ0n) is 11.8. The van der Waals surface area contributed by atoms with Gasteiger partial charge in [-0.15, -0.1) is 0 Å². The second-order valence-corrected chi connectivity index (χ2v) is 5.50. The quantitative estimate of drug-likeness (QED) is 0.891. The lowest BCUT2D eigenvalue weighted by Crippen LogP contribution is -2.19. The van der Waals surface area contributed by atoms with Crippen LogP contribution in [0.3, 0.4) is 0 Å². The third-order valence-electron chi connectivity index (χ3n) is 3.20. The molecule has 4 nitrogen and oxygen atoms in total. The van der Waals surface area contributed by atoms with Crippen LogP contribution in [0.4, 0.5) is 5.69 Å². The van der Waals surface area contributed by atoms with Crippen molar-refractivity contribution in [3.63, 3.8) is 0 Å². The lowest BCUT2D eigenvalue weighted by molar-refractivity contribution is 0.0696. The van der Waals surface area contributed by atoms with Gasteiger partial charge in [-0.1, -0.05) is 18.2 Å². The highest BCUT2D eigenvalue weighted by atomic mass is 79.9. The number of hydrogen-bond acceptors (Lipinski definition) is 3. The van der Waals surface area contributed by atoms with Crippen molar-refractivity contribution >= 4 is 27.6 Å². The van der Waals surface area contributed by atoms with Gasteiger partial charge in [0.1, 0.15) is 5.75 Å². The number of carboxylic acid groups (broad SMARTS) is 1. The number of halogens is 1. The number of aromatic carboxylic acids is 1. The number of carboxylic acids is 1. The standard InChI is InChI=1S/C16H16BrNO3/c1-18(10-11-6-8-12(21-2)9-7-11)14-5-3-4-13(17)15(14)16(19)20/h3-9H,10H2,1-2H3,(H,19,20). The van der Waals surface area contributed by atoms with E-state index in [1.807, 2.05) is 42.3 Å². The molecule has 0 spiro atoms. The van der Waals surface area contributed by atoms with Gasteiger partial charge in [-0.2, -0.15) is 0 Å². The van der Waals surface area contributed by atoms with Crippen LogP contribution in [0.2, 0.25) is 0 Å². The lowest BCUT2D eigenvalue weighted by atomic mass is 10.1. The zero-order chi connectivity index (χ0) is 15.4. The fraction of sp³-hybridized carbons (Fsp3) is 0.188. The van der Waals surface area contributed by atoms with E-state index in [2.05, 4.69) is 15.9 Å². The summed E-state index contributed by atoms with van der Waals surface area (Å²) < 4.78 is 5.71. The fourth-order valence-electron chi connectivity index (χ4n) is 2.13. The normalized spacial score (nSPS) is 10.2. The summed E-state index contributed by atoms with van der Waals surface area (Å²) in [6, 6.07) is 13.1. The first-order valence-electron chi connectivity index (χ1n) is 6.39. The molecule has 0 aliphatic rings. The molecule has 0 aliphatic carbocycles. The van der Waals surface area contributed by atoms with Gasteiger partial charge in [-0.05, 0) is 45.8 Å². The number of benzene rings is 2. The van der Waals surface area contributed by atoms with Crippen molar-refractivity contribution in [2.75, 3.05) is 19.1 Å². The Morgan fingerprint density at radius 3 is 2.48 bits per heavy atom. The maximum Gasteiger partial charge on any atom is 0.338 e. The second kappa shape index (κ2) is 6.63. The smallest absolute Gasteiger partial charge is 0.338 e. The van der Waals surface area contributed by atoms with Crippen LogP contribution in [0.5, 0.6) is 5.75 Å². The third-order valence-corrected chi connectivity index (χ3v) is 3.86. The van der Waals surface area contributed by atoms with E-state index in [1.165, 1.54) is 0 Å². The topological polar surface area (TPSA) is 49.8 Å². The van der Waals surface area contributed by atoms with Gasteiger partial charge in [-0.25, -0.2) is 4.79 Å². The minimum atomic E-state index is -0.945. The first-order valence-corrected chi connectivity index (χ1v) is 7.18. The molecule has 1 N–H and O–H groups in total. The van der Waals surface area contributed by atoms with Crippen LogP contribution in [0.15, 0.2) is 46.9 Å². The number of carbonyl (C=O) groups is 1. The Kier molecular flexibility index (Phi) is 4.85. The van der Waals surface area contributed by atoms with Gasteiger partial charge in [0.25, 0.3) is 0 Å². The molecule has 0 atom stereocenters. The average molecular weight is 350 g/mol. The lowest BCUT2D eigenvalue weighted by Gasteiger charge is -2.22. The number of anilines is 1. The molecule has 0 saturated carbocycles. The first-order chi connectivity index (χ1) is 10.0. The van der Waals surface area contributed by atoms with Crippen molar-refractivity contribution in [3.05, 3.63) is 58.1 Å². The zero-order valence-corrected chi connectivity index (χ0v) is 13.4. The number of ether oxygens (including phenoxy) is 1. The molecule has 0 fully saturated rings. The summed E-state index contributed by atoms with van der Waals surface area (Å²) in [5, 5.41) is 9.36. The molecule has 0 bridgehead atoms. The summed E-state index contributed by atoms with van der Waals surface area (Å²) in [7, 11) is 3.50. The molecule has 0 unspecified atom stereocenters. The minimum absolute atomic E-state index is 0.272. The van der Waals surface area contributed by atoms with Crippen LogP contribution in [-0.2, 0) is 6.54 Å². The predicted molar refractivity (Wildman–Crippen MR) is 86.2 cm³/mol. The van der Waals surface area contributed by atoms with Gasteiger partial charge >= 0.3 is 5.97 Å². The van der Waals surface area contributed by atoms with E-state index in [4.69, 9.17) is 4.74 Å². The fourth-order valence-corrected chi connectivity index (χ4v) is 2.66. The minimum Gasteiger partial charge on any atom is -0.497 e.